The molecular weight excluding hydrogens is 340 g/mol. The first-order valence-corrected chi connectivity index (χ1v) is 9.96. The van der Waals surface area contributed by atoms with Crippen molar-refractivity contribution >= 4 is 16.8 Å². The van der Waals surface area contributed by atoms with Crippen molar-refractivity contribution in [3.05, 3.63) is 90.0 Å². The Morgan fingerprint density at radius 3 is 2.29 bits per heavy atom. The third-order valence-electron chi connectivity index (χ3n) is 6.19. The highest BCUT2D eigenvalue weighted by molar-refractivity contribution is 6.13. The molecule has 0 saturated heterocycles. The Morgan fingerprint density at radius 2 is 1.43 bits per heavy atom. The fourth-order valence-corrected chi connectivity index (χ4v) is 5.08. The third-order valence-corrected chi connectivity index (χ3v) is 6.19. The quantitative estimate of drug-likeness (QED) is 0.318. The Labute approximate surface area is 164 Å². The van der Waals surface area contributed by atoms with Crippen LogP contribution in [0.4, 0.5) is 0 Å². The lowest BCUT2D eigenvalue weighted by Gasteiger charge is -2.26. The van der Waals surface area contributed by atoms with Crippen LogP contribution in [0.5, 0.6) is 11.5 Å². The van der Waals surface area contributed by atoms with E-state index < -0.39 is 0 Å². The fraction of sp³-hybridized carbons (Fsp3) is 0.111. The van der Waals surface area contributed by atoms with Gasteiger partial charge in [0, 0.05) is 16.5 Å². The summed E-state index contributed by atoms with van der Waals surface area (Å²) in [5.41, 5.74) is 9.46. The van der Waals surface area contributed by atoms with Gasteiger partial charge in [0.2, 0.25) is 0 Å². The van der Waals surface area contributed by atoms with Crippen molar-refractivity contribution in [1.29, 1.82) is 0 Å². The van der Waals surface area contributed by atoms with Crippen LogP contribution in [0.1, 0.15) is 23.1 Å². The van der Waals surface area contributed by atoms with Crippen LogP contribution in [-0.2, 0) is 12.8 Å². The van der Waals surface area contributed by atoms with E-state index in [0.717, 1.165) is 24.3 Å². The predicted molar refractivity (Wildman–Crippen MR) is 117 cm³/mol. The maximum absolute atomic E-state index is 6.34. The van der Waals surface area contributed by atoms with Gasteiger partial charge in [-0.05, 0) is 64.6 Å². The average Bonchev–Trinajstić information content (AvgIpc) is 3.23. The second-order valence-electron chi connectivity index (χ2n) is 7.63. The zero-order valence-corrected chi connectivity index (χ0v) is 15.7. The van der Waals surface area contributed by atoms with E-state index >= 15 is 0 Å². The van der Waals surface area contributed by atoms with Crippen molar-refractivity contribution in [2.45, 2.75) is 19.3 Å². The lowest BCUT2D eigenvalue weighted by Crippen LogP contribution is -2.03. The molecule has 0 bridgehead atoms. The van der Waals surface area contributed by atoms with Gasteiger partial charge in [0.15, 0.2) is 0 Å². The highest BCUT2D eigenvalue weighted by Gasteiger charge is 2.30. The average molecular weight is 360 g/mol. The molecule has 0 saturated carbocycles. The summed E-state index contributed by atoms with van der Waals surface area (Å²) < 4.78 is 6.34. The van der Waals surface area contributed by atoms with Crippen molar-refractivity contribution in [1.82, 2.24) is 0 Å². The molecule has 1 heteroatoms. The summed E-state index contributed by atoms with van der Waals surface area (Å²) in [6.45, 7) is 4.06. The van der Waals surface area contributed by atoms with Gasteiger partial charge in [-0.2, -0.15) is 0 Å². The molecule has 0 amide bonds. The molecule has 0 N–H and O–H groups in total. The van der Waals surface area contributed by atoms with Gasteiger partial charge in [-0.25, -0.2) is 0 Å². The summed E-state index contributed by atoms with van der Waals surface area (Å²) in [6.07, 6.45) is 5.44. The summed E-state index contributed by atoms with van der Waals surface area (Å²) in [5, 5.41) is 2.55. The smallest absolute Gasteiger partial charge is 0.135 e. The van der Waals surface area contributed by atoms with E-state index in [1.807, 2.05) is 6.08 Å². The molecule has 4 aromatic rings. The summed E-state index contributed by atoms with van der Waals surface area (Å²) in [6, 6.07) is 23.5. The molecule has 2 aliphatic rings. The monoisotopic (exact) mass is 360 g/mol. The molecule has 4 aromatic carbocycles. The lowest BCUT2D eigenvalue weighted by molar-refractivity contribution is 0.487. The number of fused-ring (bicyclic) bond motifs is 4. The summed E-state index contributed by atoms with van der Waals surface area (Å²) in [4.78, 5) is 0. The van der Waals surface area contributed by atoms with Crippen molar-refractivity contribution in [2.24, 2.45) is 0 Å². The normalized spacial score (nSPS) is 13.7. The molecule has 0 aromatic heterocycles. The van der Waals surface area contributed by atoms with Crippen LogP contribution in [0, 0.1) is 0 Å². The van der Waals surface area contributed by atoms with E-state index in [4.69, 9.17) is 4.74 Å². The molecule has 0 radical (unpaired) electrons. The Hall–Kier alpha value is -3.32. The molecule has 1 nitrogen and oxygen atoms in total. The standard InChI is InChI=1S/C27H20O/c1-2-17-9-3-4-10-18(17)25-19-12-7-13-20(19)26-21-11-5-6-15-23(21)28-24-16-8-14-22(25)27(24)26/h2-6,8-11,14-16H,1,7,12-13H2. The first kappa shape index (κ1) is 15.7. The largest absolute Gasteiger partial charge is 0.456 e. The van der Waals surface area contributed by atoms with Crippen LogP contribution >= 0.6 is 0 Å². The van der Waals surface area contributed by atoms with Crippen molar-refractivity contribution in [3.8, 4) is 33.8 Å². The van der Waals surface area contributed by atoms with Crippen molar-refractivity contribution in [2.75, 3.05) is 0 Å². The summed E-state index contributed by atoms with van der Waals surface area (Å²) >= 11 is 0. The molecule has 0 fully saturated rings. The first-order chi connectivity index (χ1) is 13.9. The molecule has 0 spiro atoms. The Morgan fingerprint density at radius 1 is 0.714 bits per heavy atom. The Kier molecular flexibility index (Phi) is 3.28. The van der Waals surface area contributed by atoms with Crippen LogP contribution in [0.2, 0.25) is 0 Å². The molecule has 1 heterocycles. The van der Waals surface area contributed by atoms with Crippen LogP contribution < -0.4 is 4.74 Å². The number of ether oxygens (including phenoxy) is 1. The molecule has 0 unspecified atom stereocenters. The van der Waals surface area contributed by atoms with Gasteiger partial charge in [0.05, 0.1) is 0 Å². The highest BCUT2D eigenvalue weighted by Crippen LogP contribution is 2.53. The van der Waals surface area contributed by atoms with Gasteiger partial charge in [-0.3, -0.25) is 0 Å². The molecule has 6 rings (SSSR count). The minimum atomic E-state index is 0.968. The number of benzene rings is 4. The van der Waals surface area contributed by atoms with E-state index in [1.54, 1.807) is 0 Å². The first-order valence-electron chi connectivity index (χ1n) is 9.96. The zero-order valence-electron chi connectivity index (χ0n) is 15.7. The number of rotatable bonds is 2. The fourth-order valence-electron chi connectivity index (χ4n) is 5.08. The topological polar surface area (TPSA) is 9.23 Å². The van der Waals surface area contributed by atoms with Crippen LogP contribution in [-0.4, -0.2) is 0 Å². The minimum absolute atomic E-state index is 0.968. The summed E-state index contributed by atoms with van der Waals surface area (Å²) in [5.74, 6) is 1.94. The van der Waals surface area contributed by atoms with Crippen LogP contribution in [0.25, 0.3) is 39.1 Å². The number of hydrogen-bond acceptors (Lipinski definition) is 1. The summed E-state index contributed by atoms with van der Waals surface area (Å²) in [7, 11) is 0. The van der Waals surface area contributed by atoms with Gasteiger partial charge in [0.25, 0.3) is 0 Å². The molecule has 28 heavy (non-hydrogen) atoms. The van der Waals surface area contributed by atoms with Crippen molar-refractivity contribution < 1.29 is 4.74 Å². The Bertz CT molecular complexity index is 1280. The molecule has 1 aliphatic carbocycles. The number of hydrogen-bond donors (Lipinski definition) is 0. The van der Waals surface area contributed by atoms with E-state index in [9.17, 15) is 0 Å². The SMILES string of the molecule is C=Cc1ccccc1-c1c2c(c3c4c(cccc14)Oc1ccccc1-3)CCC2. The minimum Gasteiger partial charge on any atom is -0.456 e. The Balaban J connectivity index is 1.82. The third kappa shape index (κ3) is 2.02. The molecule has 0 atom stereocenters. The molecular formula is C27H20O. The predicted octanol–water partition coefficient (Wildman–Crippen LogP) is 7.41. The van der Waals surface area contributed by atoms with Gasteiger partial charge in [-0.1, -0.05) is 67.3 Å². The van der Waals surface area contributed by atoms with Gasteiger partial charge >= 0.3 is 0 Å². The van der Waals surface area contributed by atoms with Gasteiger partial charge in [0.1, 0.15) is 11.5 Å². The van der Waals surface area contributed by atoms with Gasteiger partial charge < -0.3 is 4.74 Å². The highest BCUT2D eigenvalue weighted by atomic mass is 16.5. The zero-order chi connectivity index (χ0) is 18.7. The number of para-hydroxylation sites is 1. The lowest BCUT2D eigenvalue weighted by atomic mass is 9.82. The van der Waals surface area contributed by atoms with Crippen LogP contribution in [0.3, 0.4) is 0 Å². The van der Waals surface area contributed by atoms with E-state index in [0.29, 0.717) is 0 Å². The molecule has 1 aliphatic heterocycles. The second kappa shape index (κ2) is 5.84. The molecule has 134 valence electrons. The maximum atomic E-state index is 6.34. The van der Waals surface area contributed by atoms with Gasteiger partial charge in [-0.15, -0.1) is 0 Å². The van der Waals surface area contributed by atoms with E-state index in [2.05, 4.69) is 73.3 Å². The van der Waals surface area contributed by atoms with E-state index in [-0.39, 0.29) is 0 Å². The van der Waals surface area contributed by atoms with E-state index in [1.165, 1.54) is 56.1 Å². The van der Waals surface area contributed by atoms with Crippen LogP contribution in [0.15, 0.2) is 73.3 Å². The van der Waals surface area contributed by atoms with Crippen molar-refractivity contribution in [3.63, 3.8) is 0 Å². The maximum Gasteiger partial charge on any atom is 0.135 e. The second-order valence-corrected chi connectivity index (χ2v) is 7.63.